The largest absolute Gasteiger partial charge is 0.337 e. The van der Waals surface area contributed by atoms with Crippen LogP contribution < -0.4 is 5.73 Å². The standard InChI is InChI=1S/C14H24N4O/c1-4-11-8-13(18(5-2)16-11)14(19)17-7-6-12(15)10(3)9-17/h8,10,12H,4-7,9,15H2,1-3H3. The van der Waals surface area contributed by atoms with Crippen molar-refractivity contribution in [3.63, 3.8) is 0 Å². The zero-order chi connectivity index (χ0) is 14.0. The molecule has 2 heterocycles. The molecule has 1 aliphatic rings. The lowest BCUT2D eigenvalue weighted by Crippen LogP contribution is -2.48. The Labute approximate surface area is 114 Å². The minimum absolute atomic E-state index is 0.0906. The summed E-state index contributed by atoms with van der Waals surface area (Å²) in [4.78, 5) is 14.5. The minimum atomic E-state index is 0.0906. The van der Waals surface area contributed by atoms with Crippen molar-refractivity contribution in [1.29, 1.82) is 0 Å². The summed E-state index contributed by atoms with van der Waals surface area (Å²) >= 11 is 0. The lowest BCUT2D eigenvalue weighted by Gasteiger charge is -2.35. The first-order valence-corrected chi connectivity index (χ1v) is 7.18. The molecule has 0 spiro atoms. The highest BCUT2D eigenvalue weighted by molar-refractivity contribution is 5.92. The van der Waals surface area contributed by atoms with Crippen molar-refractivity contribution in [2.24, 2.45) is 11.7 Å². The van der Waals surface area contributed by atoms with Crippen molar-refractivity contribution in [3.8, 4) is 0 Å². The van der Waals surface area contributed by atoms with Gasteiger partial charge in [-0.2, -0.15) is 5.10 Å². The Balaban J connectivity index is 2.17. The van der Waals surface area contributed by atoms with Crippen molar-refractivity contribution in [3.05, 3.63) is 17.5 Å². The quantitative estimate of drug-likeness (QED) is 0.894. The summed E-state index contributed by atoms with van der Waals surface area (Å²) in [7, 11) is 0. The molecule has 0 radical (unpaired) electrons. The molecule has 0 aromatic carbocycles. The number of nitrogens with two attached hydrogens (primary N) is 1. The number of piperidine rings is 1. The molecule has 5 heteroatoms. The number of amides is 1. The van der Waals surface area contributed by atoms with Gasteiger partial charge < -0.3 is 10.6 Å². The lowest BCUT2D eigenvalue weighted by atomic mass is 9.94. The van der Waals surface area contributed by atoms with Crippen molar-refractivity contribution in [2.75, 3.05) is 13.1 Å². The molecule has 2 atom stereocenters. The molecule has 2 N–H and O–H groups in total. The fraction of sp³-hybridized carbons (Fsp3) is 0.714. The molecule has 0 bridgehead atoms. The highest BCUT2D eigenvalue weighted by Crippen LogP contribution is 2.18. The number of hydrogen-bond acceptors (Lipinski definition) is 3. The molecule has 106 valence electrons. The maximum absolute atomic E-state index is 12.6. The topological polar surface area (TPSA) is 64.2 Å². The Morgan fingerprint density at radius 1 is 1.53 bits per heavy atom. The summed E-state index contributed by atoms with van der Waals surface area (Å²) in [6.45, 7) is 8.40. The minimum Gasteiger partial charge on any atom is -0.337 e. The van der Waals surface area contributed by atoms with Gasteiger partial charge in [0.1, 0.15) is 5.69 Å². The average molecular weight is 264 g/mol. The van der Waals surface area contributed by atoms with Gasteiger partial charge >= 0.3 is 0 Å². The van der Waals surface area contributed by atoms with E-state index in [1.54, 1.807) is 4.68 Å². The van der Waals surface area contributed by atoms with Crippen LogP contribution in [0.25, 0.3) is 0 Å². The van der Waals surface area contributed by atoms with Gasteiger partial charge in [-0.3, -0.25) is 9.48 Å². The molecule has 19 heavy (non-hydrogen) atoms. The maximum Gasteiger partial charge on any atom is 0.272 e. The van der Waals surface area contributed by atoms with Crippen LogP contribution in [0.15, 0.2) is 6.07 Å². The van der Waals surface area contributed by atoms with E-state index in [-0.39, 0.29) is 11.9 Å². The first kappa shape index (κ1) is 14.1. The van der Waals surface area contributed by atoms with E-state index in [2.05, 4.69) is 18.9 Å². The van der Waals surface area contributed by atoms with Gasteiger partial charge in [0.05, 0.1) is 5.69 Å². The Kier molecular flexibility index (Phi) is 4.24. The van der Waals surface area contributed by atoms with Gasteiger partial charge in [-0.15, -0.1) is 0 Å². The predicted molar refractivity (Wildman–Crippen MR) is 74.9 cm³/mol. The van der Waals surface area contributed by atoms with Crippen LogP contribution in [0.3, 0.4) is 0 Å². The molecule has 2 rings (SSSR count). The Hall–Kier alpha value is -1.36. The normalized spacial score (nSPS) is 23.7. The van der Waals surface area contributed by atoms with Crippen molar-refractivity contribution in [2.45, 2.75) is 46.2 Å². The maximum atomic E-state index is 12.6. The van der Waals surface area contributed by atoms with Gasteiger partial charge in [0.2, 0.25) is 0 Å². The van der Waals surface area contributed by atoms with Crippen LogP contribution in [0.1, 0.15) is 43.4 Å². The van der Waals surface area contributed by atoms with Crippen LogP contribution in [0.5, 0.6) is 0 Å². The molecule has 5 nitrogen and oxygen atoms in total. The fourth-order valence-corrected chi connectivity index (χ4v) is 2.57. The average Bonchev–Trinajstić information content (AvgIpc) is 2.84. The highest BCUT2D eigenvalue weighted by Gasteiger charge is 2.28. The summed E-state index contributed by atoms with van der Waals surface area (Å²) in [6.07, 6.45) is 1.74. The van der Waals surface area contributed by atoms with Crippen LogP contribution in [0.2, 0.25) is 0 Å². The number of nitrogens with zero attached hydrogens (tertiary/aromatic N) is 3. The third-order valence-electron chi connectivity index (χ3n) is 3.97. The summed E-state index contributed by atoms with van der Waals surface area (Å²) in [5.41, 5.74) is 7.69. The monoisotopic (exact) mass is 264 g/mol. The van der Waals surface area contributed by atoms with Crippen LogP contribution in [0, 0.1) is 5.92 Å². The van der Waals surface area contributed by atoms with Gasteiger partial charge in [-0.1, -0.05) is 13.8 Å². The molecule has 0 aliphatic carbocycles. The molecule has 1 saturated heterocycles. The smallest absolute Gasteiger partial charge is 0.272 e. The molecule has 1 aromatic rings. The fourth-order valence-electron chi connectivity index (χ4n) is 2.57. The number of likely N-dealkylation sites (tertiary alicyclic amines) is 1. The van der Waals surface area contributed by atoms with E-state index < -0.39 is 0 Å². The molecule has 1 amide bonds. The van der Waals surface area contributed by atoms with E-state index in [0.29, 0.717) is 11.6 Å². The second-order valence-electron chi connectivity index (χ2n) is 5.37. The number of aromatic nitrogens is 2. The molecule has 2 unspecified atom stereocenters. The molecular weight excluding hydrogens is 240 g/mol. The molecule has 0 saturated carbocycles. The molecule has 1 fully saturated rings. The molecular formula is C14H24N4O. The summed E-state index contributed by atoms with van der Waals surface area (Å²) < 4.78 is 1.81. The van der Waals surface area contributed by atoms with Crippen LogP contribution in [0.4, 0.5) is 0 Å². The molecule has 1 aromatic heterocycles. The first-order valence-electron chi connectivity index (χ1n) is 7.18. The third kappa shape index (κ3) is 2.81. The van der Waals surface area contributed by atoms with Gasteiger partial charge in [0.15, 0.2) is 0 Å². The van der Waals surface area contributed by atoms with E-state index in [1.165, 1.54) is 0 Å². The number of aryl methyl sites for hydroxylation is 2. The van der Waals surface area contributed by atoms with Crippen LogP contribution in [-0.4, -0.2) is 39.7 Å². The second-order valence-corrected chi connectivity index (χ2v) is 5.37. The zero-order valence-electron chi connectivity index (χ0n) is 12.1. The Morgan fingerprint density at radius 2 is 2.26 bits per heavy atom. The van der Waals surface area contributed by atoms with Crippen molar-refractivity contribution in [1.82, 2.24) is 14.7 Å². The third-order valence-corrected chi connectivity index (χ3v) is 3.97. The molecule has 1 aliphatic heterocycles. The summed E-state index contributed by atoms with van der Waals surface area (Å²) in [5, 5.41) is 4.44. The first-order chi connectivity index (χ1) is 9.06. The van der Waals surface area contributed by atoms with E-state index >= 15 is 0 Å². The summed E-state index contributed by atoms with van der Waals surface area (Å²) in [6, 6.07) is 2.14. The number of carbonyl (C=O) groups is 1. The SMILES string of the molecule is CCc1cc(C(=O)N2CCC(N)C(C)C2)n(CC)n1. The van der Waals surface area contributed by atoms with Gasteiger partial charge in [-0.05, 0) is 31.7 Å². The highest BCUT2D eigenvalue weighted by atomic mass is 16.2. The van der Waals surface area contributed by atoms with Gasteiger partial charge in [0, 0.05) is 25.7 Å². The Bertz CT molecular complexity index is 454. The van der Waals surface area contributed by atoms with Crippen LogP contribution in [-0.2, 0) is 13.0 Å². The van der Waals surface area contributed by atoms with Crippen LogP contribution >= 0.6 is 0 Å². The van der Waals surface area contributed by atoms with Crippen molar-refractivity contribution >= 4 is 5.91 Å². The number of rotatable bonds is 3. The van der Waals surface area contributed by atoms with E-state index in [0.717, 1.165) is 38.2 Å². The number of carbonyl (C=O) groups excluding carboxylic acids is 1. The van der Waals surface area contributed by atoms with E-state index in [4.69, 9.17) is 5.73 Å². The predicted octanol–water partition coefficient (Wildman–Crippen LogP) is 1.27. The van der Waals surface area contributed by atoms with Crippen molar-refractivity contribution < 1.29 is 4.79 Å². The van der Waals surface area contributed by atoms with Gasteiger partial charge in [0.25, 0.3) is 5.91 Å². The van der Waals surface area contributed by atoms with E-state index in [9.17, 15) is 4.79 Å². The Morgan fingerprint density at radius 3 is 2.84 bits per heavy atom. The second kappa shape index (κ2) is 5.74. The van der Waals surface area contributed by atoms with Gasteiger partial charge in [-0.25, -0.2) is 0 Å². The summed E-state index contributed by atoms with van der Waals surface area (Å²) in [5.74, 6) is 0.453. The number of hydrogen-bond donors (Lipinski definition) is 1. The zero-order valence-corrected chi connectivity index (χ0v) is 12.1. The van der Waals surface area contributed by atoms with E-state index in [1.807, 2.05) is 17.9 Å². The lowest BCUT2D eigenvalue weighted by molar-refractivity contribution is 0.0651.